The molecule has 0 fully saturated rings. The number of nitrogens with zero attached hydrogens (tertiary/aromatic N) is 2. The van der Waals surface area contributed by atoms with Crippen molar-refractivity contribution in [3.8, 4) is 11.3 Å². The van der Waals surface area contributed by atoms with Crippen LogP contribution in [0, 0.1) is 5.82 Å². The third kappa shape index (κ3) is 4.69. The van der Waals surface area contributed by atoms with Gasteiger partial charge in [-0.15, -0.1) is 11.3 Å². The van der Waals surface area contributed by atoms with Gasteiger partial charge in [0.05, 0.1) is 10.6 Å². The number of rotatable bonds is 7. The van der Waals surface area contributed by atoms with Crippen molar-refractivity contribution in [2.45, 2.75) is 18.7 Å². The average molecular weight is 434 g/mol. The quantitative estimate of drug-likeness (QED) is 0.605. The molecule has 3 aromatic rings. The number of benzene rings is 2. The number of nitrogens with one attached hydrogen (secondary N) is 1. The highest BCUT2D eigenvalue weighted by molar-refractivity contribution is 7.89. The minimum Gasteiger partial charge on any atom is -0.298 e. The lowest BCUT2D eigenvalue weighted by Gasteiger charge is -2.18. The summed E-state index contributed by atoms with van der Waals surface area (Å²) in [6.07, 6.45) is 0. The number of anilines is 1. The van der Waals surface area contributed by atoms with Gasteiger partial charge in [0.1, 0.15) is 5.82 Å². The zero-order valence-corrected chi connectivity index (χ0v) is 17.6. The van der Waals surface area contributed by atoms with Gasteiger partial charge in [-0.2, -0.15) is 4.31 Å². The average Bonchev–Trinajstić information content (AvgIpc) is 3.17. The number of sulfonamides is 1. The highest BCUT2D eigenvalue weighted by atomic mass is 32.2. The van der Waals surface area contributed by atoms with Crippen molar-refractivity contribution < 1.29 is 17.6 Å². The fraction of sp³-hybridized carbons (Fsp3) is 0.200. The largest absolute Gasteiger partial charge is 0.298 e. The van der Waals surface area contributed by atoms with Gasteiger partial charge in [-0.25, -0.2) is 17.8 Å². The zero-order chi connectivity index (χ0) is 21.0. The van der Waals surface area contributed by atoms with Crippen LogP contribution in [-0.2, 0) is 10.0 Å². The van der Waals surface area contributed by atoms with Crippen molar-refractivity contribution in [2.24, 2.45) is 0 Å². The van der Waals surface area contributed by atoms with E-state index >= 15 is 0 Å². The van der Waals surface area contributed by atoms with E-state index in [0.717, 1.165) is 5.56 Å². The first-order chi connectivity index (χ1) is 13.8. The van der Waals surface area contributed by atoms with E-state index in [2.05, 4.69) is 10.3 Å². The number of thiazole rings is 1. The Labute approximate surface area is 173 Å². The lowest BCUT2D eigenvalue weighted by molar-refractivity contribution is 0.102. The number of carbonyl (C=O) groups is 1. The molecule has 0 saturated carbocycles. The first kappa shape index (κ1) is 21.1. The van der Waals surface area contributed by atoms with Crippen LogP contribution in [0.5, 0.6) is 0 Å². The summed E-state index contributed by atoms with van der Waals surface area (Å²) in [5, 5.41) is 4.86. The van der Waals surface area contributed by atoms with Crippen molar-refractivity contribution in [1.82, 2.24) is 9.29 Å². The Morgan fingerprint density at radius 2 is 1.69 bits per heavy atom. The molecule has 1 aromatic heterocycles. The molecule has 9 heteroatoms. The number of hydrogen-bond acceptors (Lipinski definition) is 5. The maximum atomic E-state index is 13.0. The van der Waals surface area contributed by atoms with E-state index in [1.54, 1.807) is 31.4 Å². The van der Waals surface area contributed by atoms with Crippen LogP contribution in [0.4, 0.5) is 9.52 Å². The summed E-state index contributed by atoms with van der Waals surface area (Å²) < 4.78 is 39.4. The zero-order valence-electron chi connectivity index (χ0n) is 15.9. The Hall–Kier alpha value is -2.62. The molecule has 0 unspecified atom stereocenters. The third-order valence-corrected chi connectivity index (χ3v) is 7.15. The SMILES string of the molecule is CCN(CC)S(=O)(=O)c1ccc(C(=O)Nc2nc(-c3ccc(F)cc3)cs2)cc1. The molecule has 0 aliphatic rings. The molecule has 29 heavy (non-hydrogen) atoms. The molecule has 152 valence electrons. The van der Waals surface area contributed by atoms with Gasteiger partial charge in [0.15, 0.2) is 5.13 Å². The van der Waals surface area contributed by atoms with E-state index in [4.69, 9.17) is 0 Å². The van der Waals surface area contributed by atoms with Gasteiger partial charge in [0, 0.05) is 29.6 Å². The summed E-state index contributed by atoms with van der Waals surface area (Å²) >= 11 is 1.25. The predicted molar refractivity (Wildman–Crippen MR) is 112 cm³/mol. The second-order valence-electron chi connectivity index (χ2n) is 6.11. The number of hydrogen-bond donors (Lipinski definition) is 1. The monoisotopic (exact) mass is 433 g/mol. The Kier molecular flexibility index (Phi) is 6.41. The van der Waals surface area contributed by atoms with Crippen molar-refractivity contribution >= 4 is 32.4 Å². The molecule has 2 aromatic carbocycles. The van der Waals surface area contributed by atoms with Gasteiger partial charge in [-0.1, -0.05) is 13.8 Å². The smallest absolute Gasteiger partial charge is 0.257 e. The maximum absolute atomic E-state index is 13.0. The number of amides is 1. The first-order valence-electron chi connectivity index (χ1n) is 8.98. The summed E-state index contributed by atoms with van der Waals surface area (Å²) in [4.78, 5) is 16.9. The molecule has 0 saturated heterocycles. The molecule has 0 atom stereocenters. The summed E-state index contributed by atoms with van der Waals surface area (Å²) in [7, 11) is -3.57. The lowest BCUT2D eigenvalue weighted by Crippen LogP contribution is -2.30. The van der Waals surface area contributed by atoms with Crippen LogP contribution in [0.1, 0.15) is 24.2 Å². The van der Waals surface area contributed by atoms with Gasteiger partial charge >= 0.3 is 0 Å². The van der Waals surface area contributed by atoms with Gasteiger partial charge in [0.25, 0.3) is 5.91 Å². The topological polar surface area (TPSA) is 79.4 Å². The summed E-state index contributed by atoms with van der Waals surface area (Å²) in [5.74, 6) is -0.722. The molecular weight excluding hydrogens is 413 g/mol. The van der Waals surface area contributed by atoms with Gasteiger partial charge in [0.2, 0.25) is 10.0 Å². The highest BCUT2D eigenvalue weighted by Crippen LogP contribution is 2.25. The summed E-state index contributed by atoms with van der Waals surface area (Å²) in [5.41, 5.74) is 1.70. The maximum Gasteiger partial charge on any atom is 0.257 e. The Balaban J connectivity index is 1.72. The number of carbonyl (C=O) groups excluding carboxylic acids is 1. The van der Waals surface area contributed by atoms with Crippen LogP contribution in [0.15, 0.2) is 58.8 Å². The van der Waals surface area contributed by atoms with E-state index in [1.165, 1.54) is 52.0 Å². The highest BCUT2D eigenvalue weighted by Gasteiger charge is 2.21. The number of aromatic nitrogens is 1. The second kappa shape index (κ2) is 8.81. The molecule has 1 heterocycles. The van der Waals surface area contributed by atoms with E-state index in [-0.39, 0.29) is 10.7 Å². The van der Waals surface area contributed by atoms with Crippen LogP contribution >= 0.6 is 11.3 Å². The Bertz CT molecular complexity index is 1090. The van der Waals surface area contributed by atoms with Gasteiger partial charge in [-0.05, 0) is 48.5 Å². The molecule has 0 bridgehead atoms. The standard InChI is InChI=1S/C20H20FN3O3S2/c1-3-24(4-2)29(26,27)17-11-7-15(8-12-17)19(25)23-20-22-18(13-28-20)14-5-9-16(21)10-6-14/h5-13H,3-4H2,1-2H3,(H,22,23,25). The van der Waals surface area contributed by atoms with Gasteiger partial charge in [-0.3, -0.25) is 10.1 Å². The molecule has 6 nitrogen and oxygen atoms in total. The minimum absolute atomic E-state index is 0.144. The van der Waals surface area contributed by atoms with Crippen LogP contribution in [0.25, 0.3) is 11.3 Å². The molecule has 0 aliphatic heterocycles. The first-order valence-corrected chi connectivity index (χ1v) is 11.3. The van der Waals surface area contributed by atoms with Crippen LogP contribution in [0.3, 0.4) is 0 Å². The van der Waals surface area contributed by atoms with Crippen LogP contribution < -0.4 is 5.32 Å². The molecule has 0 spiro atoms. The summed E-state index contributed by atoms with van der Waals surface area (Å²) in [6, 6.07) is 11.7. The third-order valence-electron chi connectivity index (χ3n) is 4.32. The number of halogens is 1. The van der Waals surface area contributed by atoms with Crippen molar-refractivity contribution in [3.05, 3.63) is 65.3 Å². The molecular formula is C20H20FN3O3S2. The van der Waals surface area contributed by atoms with E-state index < -0.39 is 15.9 Å². The molecule has 1 N–H and O–H groups in total. The normalized spacial score (nSPS) is 11.6. The van der Waals surface area contributed by atoms with Crippen LogP contribution in [0.2, 0.25) is 0 Å². The Morgan fingerprint density at radius 3 is 2.28 bits per heavy atom. The molecule has 0 radical (unpaired) electrons. The molecule has 3 rings (SSSR count). The van der Waals surface area contributed by atoms with Gasteiger partial charge < -0.3 is 0 Å². The minimum atomic E-state index is -3.57. The lowest BCUT2D eigenvalue weighted by atomic mass is 10.2. The Morgan fingerprint density at radius 1 is 1.07 bits per heavy atom. The fourth-order valence-electron chi connectivity index (χ4n) is 2.74. The molecule has 1 amide bonds. The predicted octanol–water partition coefficient (Wildman–Crippen LogP) is 4.23. The van der Waals surface area contributed by atoms with Crippen LogP contribution in [-0.4, -0.2) is 36.7 Å². The van der Waals surface area contributed by atoms with Crippen molar-refractivity contribution in [1.29, 1.82) is 0 Å². The van der Waals surface area contributed by atoms with E-state index in [1.807, 2.05) is 0 Å². The van der Waals surface area contributed by atoms with E-state index in [9.17, 15) is 17.6 Å². The second-order valence-corrected chi connectivity index (χ2v) is 8.91. The summed E-state index contributed by atoms with van der Waals surface area (Å²) in [6.45, 7) is 4.30. The van der Waals surface area contributed by atoms with E-state index in [0.29, 0.717) is 29.5 Å². The molecule has 0 aliphatic carbocycles. The van der Waals surface area contributed by atoms with Crippen molar-refractivity contribution in [3.63, 3.8) is 0 Å². The fourth-order valence-corrected chi connectivity index (χ4v) is 4.92. The van der Waals surface area contributed by atoms with Crippen molar-refractivity contribution in [2.75, 3.05) is 18.4 Å².